The zero-order valence-corrected chi connectivity index (χ0v) is 12.8. The highest BCUT2D eigenvalue weighted by Gasteiger charge is 2.24. The van der Waals surface area contributed by atoms with E-state index in [9.17, 15) is 0 Å². The molecule has 2 aliphatic rings. The van der Waals surface area contributed by atoms with Gasteiger partial charge in [0.05, 0.1) is 0 Å². The number of thiophene rings is 1. The van der Waals surface area contributed by atoms with Crippen molar-refractivity contribution in [3.8, 4) is 0 Å². The van der Waals surface area contributed by atoms with Crippen molar-refractivity contribution in [1.29, 1.82) is 0 Å². The molecule has 1 aromatic rings. The lowest BCUT2D eigenvalue weighted by Crippen LogP contribution is -2.20. The topological polar surface area (TPSA) is 26.0 Å². The summed E-state index contributed by atoms with van der Waals surface area (Å²) in [5, 5.41) is 0. The third kappa shape index (κ3) is 3.22. The molecule has 2 heteroatoms. The predicted octanol–water partition coefficient (Wildman–Crippen LogP) is 4.99. The molecule has 0 saturated heterocycles. The largest absolute Gasteiger partial charge is 0.323 e. The van der Waals surface area contributed by atoms with Crippen molar-refractivity contribution < 1.29 is 0 Å². The first-order chi connectivity index (χ1) is 9.34. The normalized spacial score (nSPS) is 23.4. The second-order valence-corrected chi connectivity index (χ2v) is 7.60. The molecule has 19 heavy (non-hydrogen) atoms. The molecule has 2 aliphatic carbocycles. The van der Waals surface area contributed by atoms with E-state index >= 15 is 0 Å². The molecule has 0 aromatic carbocycles. The van der Waals surface area contributed by atoms with E-state index < -0.39 is 0 Å². The zero-order chi connectivity index (χ0) is 13.1. The van der Waals surface area contributed by atoms with Crippen LogP contribution in [0.15, 0.2) is 6.07 Å². The molecule has 1 saturated carbocycles. The first-order valence-electron chi connectivity index (χ1n) is 8.21. The standard InChI is InChI=1S/C17H27NS/c18-17(13-8-4-1-2-5-9-13)16-12-14-10-6-3-7-11-15(14)19-16/h12-13,17H,1-11,18H2. The first-order valence-corrected chi connectivity index (χ1v) is 9.03. The van der Waals surface area contributed by atoms with Gasteiger partial charge in [0.15, 0.2) is 0 Å². The van der Waals surface area contributed by atoms with E-state index in [2.05, 4.69) is 6.07 Å². The van der Waals surface area contributed by atoms with Crippen LogP contribution in [0.25, 0.3) is 0 Å². The third-order valence-electron chi connectivity index (χ3n) is 5.00. The Morgan fingerprint density at radius 2 is 1.63 bits per heavy atom. The number of fused-ring (bicyclic) bond motifs is 1. The summed E-state index contributed by atoms with van der Waals surface area (Å²) < 4.78 is 0. The van der Waals surface area contributed by atoms with Crippen molar-refractivity contribution in [3.63, 3.8) is 0 Å². The van der Waals surface area contributed by atoms with Gasteiger partial charge in [-0.2, -0.15) is 0 Å². The quantitative estimate of drug-likeness (QED) is 0.598. The van der Waals surface area contributed by atoms with Crippen LogP contribution in [-0.4, -0.2) is 0 Å². The maximum atomic E-state index is 6.60. The van der Waals surface area contributed by atoms with Crippen molar-refractivity contribution in [2.24, 2.45) is 11.7 Å². The summed E-state index contributed by atoms with van der Waals surface area (Å²) in [4.78, 5) is 3.13. The molecule has 1 aromatic heterocycles. The van der Waals surface area contributed by atoms with Crippen LogP contribution in [0, 0.1) is 5.92 Å². The van der Waals surface area contributed by atoms with E-state index in [0.29, 0.717) is 6.04 Å². The number of rotatable bonds is 2. The first kappa shape index (κ1) is 13.6. The van der Waals surface area contributed by atoms with Crippen molar-refractivity contribution in [1.82, 2.24) is 0 Å². The highest BCUT2D eigenvalue weighted by Crippen LogP contribution is 2.37. The molecular weight excluding hydrogens is 250 g/mol. The maximum Gasteiger partial charge on any atom is 0.0418 e. The van der Waals surface area contributed by atoms with Gasteiger partial charge < -0.3 is 5.73 Å². The molecule has 1 nitrogen and oxygen atoms in total. The second kappa shape index (κ2) is 6.41. The van der Waals surface area contributed by atoms with Gasteiger partial charge in [0.2, 0.25) is 0 Å². The smallest absolute Gasteiger partial charge is 0.0418 e. The monoisotopic (exact) mass is 277 g/mol. The van der Waals surface area contributed by atoms with Gasteiger partial charge in [-0.15, -0.1) is 11.3 Å². The van der Waals surface area contributed by atoms with Crippen LogP contribution in [0.2, 0.25) is 0 Å². The Labute approximate surface area is 121 Å². The summed E-state index contributed by atoms with van der Waals surface area (Å²) in [6.45, 7) is 0. The molecule has 0 spiro atoms. The van der Waals surface area contributed by atoms with Crippen molar-refractivity contribution in [3.05, 3.63) is 21.4 Å². The van der Waals surface area contributed by atoms with Crippen LogP contribution in [-0.2, 0) is 12.8 Å². The summed E-state index contributed by atoms with van der Waals surface area (Å²) >= 11 is 2.03. The van der Waals surface area contributed by atoms with Gasteiger partial charge in [0, 0.05) is 15.8 Å². The van der Waals surface area contributed by atoms with E-state index in [4.69, 9.17) is 5.73 Å². The number of hydrogen-bond donors (Lipinski definition) is 1. The fourth-order valence-corrected chi connectivity index (χ4v) is 5.11. The molecular formula is C17H27NS. The van der Waals surface area contributed by atoms with Gasteiger partial charge in [0.25, 0.3) is 0 Å². The lowest BCUT2D eigenvalue weighted by molar-refractivity contribution is 0.386. The molecule has 0 amide bonds. The summed E-state index contributed by atoms with van der Waals surface area (Å²) in [6.07, 6.45) is 15.1. The Bertz CT molecular complexity index is 378. The average molecular weight is 277 g/mol. The van der Waals surface area contributed by atoms with Gasteiger partial charge in [-0.3, -0.25) is 0 Å². The molecule has 1 fully saturated rings. The van der Waals surface area contributed by atoms with Crippen molar-refractivity contribution in [2.75, 3.05) is 0 Å². The number of aryl methyl sites for hydroxylation is 2. The SMILES string of the molecule is NC(c1cc2c(s1)CCCCC2)C1CCCCCC1. The van der Waals surface area contributed by atoms with Crippen molar-refractivity contribution >= 4 is 11.3 Å². The molecule has 0 radical (unpaired) electrons. The zero-order valence-electron chi connectivity index (χ0n) is 12.0. The van der Waals surface area contributed by atoms with Gasteiger partial charge in [-0.1, -0.05) is 32.1 Å². The van der Waals surface area contributed by atoms with Crippen LogP contribution >= 0.6 is 11.3 Å². The Hall–Kier alpha value is -0.340. The Balaban J connectivity index is 1.73. The van der Waals surface area contributed by atoms with E-state index in [0.717, 1.165) is 5.92 Å². The van der Waals surface area contributed by atoms with Crippen LogP contribution < -0.4 is 5.73 Å². The lowest BCUT2D eigenvalue weighted by atomic mass is 9.91. The molecule has 2 N–H and O–H groups in total. The van der Waals surface area contributed by atoms with Gasteiger partial charge in [-0.25, -0.2) is 0 Å². The fraction of sp³-hybridized carbons (Fsp3) is 0.765. The van der Waals surface area contributed by atoms with Crippen LogP contribution in [0.3, 0.4) is 0 Å². The van der Waals surface area contributed by atoms with E-state index in [-0.39, 0.29) is 0 Å². The van der Waals surface area contributed by atoms with Gasteiger partial charge in [0.1, 0.15) is 0 Å². The Morgan fingerprint density at radius 3 is 2.42 bits per heavy atom. The van der Waals surface area contributed by atoms with Crippen LogP contribution in [0.5, 0.6) is 0 Å². The lowest BCUT2D eigenvalue weighted by Gasteiger charge is -2.21. The predicted molar refractivity (Wildman–Crippen MR) is 83.7 cm³/mol. The molecule has 1 atom stereocenters. The summed E-state index contributed by atoms with van der Waals surface area (Å²) in [5.74, 6) is 0.741. The summed E-state index contributed by atoms with van der Waals surface area (Å²) in [6, 6.07) is 2.77. The summed E-state index contributed by atoms with van der Waals surface area (Å²) in [5.41, 5.74) is 8.23. The number of nitrogens with two attached hydrogens (primary N) is 1. The highest BCUT2D eigenvalue weighted by molar-refractivity contribution is 7.12. The van der Waals surface area contributed by atoms with E-state index in [1.807, 2.05) is 11.3 Å². The van der Waals surface area contributed by atoms with Crippen LogP contribution in [0.4, 0.5) is 0 Å². The highest BCUT2D eigenvalue weighted by atomic mass is 32.1. The molecule has 3 rings (SSSR count). The minimum absolute atomic E-state index is 0.315. The fourth-order valence-electron chi connectivity index (χ4n) is 3.76. The second-order valence-electron chi connectivity index (χ2n) is 6.44. The van der Waals surface area contributed by atoms with E-state index in [1.165, 1.54) is 75.5 Å². The molecule has 0 bridgehead atoms. The Morgan fingerprint density at radius 1 is 0.947 bits per heavy atom. The third-order valence-corrected chi connectivity index (χ3v) is 6.34. The average Bonchev–Trinajstić information content (AvgIpc) is 2.65. The molecule has 106 valence electrons. The van der Waals surface area contributed by atoms with Gasteiger partial charge >= 0.3 is 0 Å². The minimum atomic E-state index is 0.315. The summed E-state index contributed by atoms with van der Waals surface area (Å²) in [7, 11) is 0. The van der Waals surface area contributed by atoms with Gasteiger partial charge in [-0.05, 0) is 56.1 Å². The van der Waals surface area contributed by atoms with E-state index in [1.54, 1.807) is 10.4 Å². The number of hydrogen-bond acceptors (Lipinski definition) is 2. The maximum absolute atomic E-state index is 6.60. The van der Waals surface area contributed by atoms with Crippen LogP contribution in [0.1, 0.15) is 79.1 Å². The minimum Gasteiger partial charge on any atom is -0.323 e. The van der Waals surface area contributed by atoms with Crippen molar-refractivity contribution in [2.45, 2.75) is 76.7 Å². The Kier molecular flexibility index (Phi) is 4.60. The molecule has 1 unspecified atom stereocenters. The molecule has 1 heterocycles. The molecule has 0 aliphatic heterocycles.